The first-order chi connectivity index (χ1) is 9.22. The molecule has 2 atom stereocenters. The minimum Gasteiger partial charge on any atom is -0.484 e. The van der Waals surface area contributed by atoms with Gasteiger partial charge in [-0.15, -0.1) is 0 Å². The molecule has 0 radical (unpaired) electrons. The predicted molar refractivity (Wildman–Crippen MR) is 71.8 cm³/mol. The van der Waals surface area contributed by atoms with Gasteiger partial charge in [-0.25, -0.2) is 4.39 Å². The lowest BCUT2D eigenvalue weighted by Gasteiger charge is -2.24. The fourth-order valence-electron chi connectivity index (χ4n) is 2.50. The lowest BCUT2D eigenvalue weighted by atomic mass is 10.1. The Morgan fingerprint density at radius 1 is 1.37 bits per heavy atom. The first-order valence-corrected chi connectivity index (χ1v) is 7.39. The molecular formula is C14H16BrFO3. The molecule has 0 aromatic heterocycles. The molecule has 3 rings (SSSR count). The van der Waals surface area contributed by atoms with Crippen molar-refractivity contribution in [3.8, 4) is 5.75 Å². The van der Waals surface area contributed by atoms with Crippen molar-refractivity contribution in [1.29, 1.82) is 0 Å². The molecule has 1 aromatic rings. The molecule has 0 N–H and O–H groups in total. The number of rotatable bonds is 3. The fourth-order valence-corrected chi connectivity index (χ4v) is 2.98. The summed E-state index contributed by atoms with van der Waals surface area (Å²) in [4.78, 5) is 0. The SMILES string of the molecule is Fc1cc(Br)cc2c1OC(COC1CCCCO1)C2. The molecule has 1 saturated heterocycles. The standard InChI is InChI=1S/C14H16BrFO3/c15-10-5-9-6-11(19-14(9)12(16)7-10)8-18-13-3-1-2-4-17-13/h5,7,11,13H,1-4,6,8H2. The molecule has 0 amide bonds. The molecule has 0 bridgehead atoms. The zero-order chi connectivity index (χ0) is 13.2. The van der Waals surface area contributed by atoms with Crippen LogP contribution in [0.15, 0.2) is 16.6 Å². The summed E-state index contributed by atoms with van der Waals surface area (Å²) in [6, 6.07) is 3.32. The van der Waals surface area contributed by atoms with Crippen LogP contribution in [-0.4, -0.2) is 25.6 Å². The Morgan fingerprint density at radius 2 is 2.26 bits per heavy atom. The third-order valence-electron chi connectivity index (χ3n) is 3.42. The van der Waals surface area contributed by atoms with E-state index >= 15 is 0 Å². The van der Waals surface area contributed by atoms with E-state index in [1.54, 1.807) is 0 Å². The van der Waals surface area contributed by atoms with E-state index < -0.39 is 0 Å². The summed E-state index contributed by atoms with van der Waals surface area (Å²) in [6.45, 7) is 1.20. The van der Waals surface area contributed by atoms with Crippen LogP contribution in [0.25, 0.3) is 0 Å². The lowest BCUT2D eigenvalue weighted by Crippen LogP contribution is -2.28. The van der Waals surface area contributed by atoms with Gasteiger partial charge in [-0.1, -0.05) is 15.9 Å². The van der Waals surface area contributed by atoms with Gasteiger partial charge >= 0.3 is 0 Å². The van der Waals surface area contributed by atoms with Crippen molar-refractivity contribution in [2.24, 2.45) is 0 Å². The largest absolute Gasteiger partial charge is 0.484 e. The monoisotopic (exact) mass is 330 g/mol. The molecule has 104 valence electrons. The van der Waals surface area contributed by atoms with Crippen molar-refractivity contribution in [3.63, 3.8) is 0 Å². The summed E-state index contributed by atoms with van der Waals surface area (Å²) in [7, 11) is 0. The van der Waals surface area contributed by atoms with Gasteiger partial charge in [0.05, 0.1) is 6.61 Å². The molecule has 2 aliphatic rings. The number of halogens is 2. The molecule has 2 unspecified atom stereocenters. The Bertz CT molecular complexity index is 460. The molecule has 0 aliphatic carbocycles. The van der Waals surface area contributed by atoms with Crippen molar-refractivity contribution in [3.05, 3.63) is 28.0 Å². The first-order valence-electron chi connectivity index (χ1n) is 6.60. The normalized spacial score (nSPS) is 26.0. The van der Waals surface area contributed by atoms with Crippen molar-refractivity contribution >= 4 is 15.9 Å². The van der Waals surface area contributed by atoms with Gasteiger partial charge < -0.3 is 14.2 Å². The van der Waals surface area contributed by atoms with Gasteiger partial charge in [0.25, 0.3) is 0 Å². The Kier molecular flexibility index (Phi) is 4.05. The lowest BCUT2D eigenvalue weighted by molar-refractivity contribution is -0.172. The minimum absolute atomic E-state index is 0.121. The van der Waals surface area contributed by atoms with E-state index in [0.717, 1.165) is 35.9 Å². The quantitative estimate of drug-likeness (QED) is 0.849. The van der Waals surface area contributed by atoms with Crippen LogP contribution < -0.4 is 4.74 Å². The predicted octanol–water partition coefficient (Wildman–Crippen LogP) is 3.43. The number of ether oxygens (including phenoxy) is 3. The highest BCUT2D eigenvalue weighted by Gasteiger charge is 2.27. The second-order valence-electron chi connectivity index (χ2n) is 4.95. The van der Waals surface area contributed by atoms with Gasteiger partial charge in [-0.05, 0) is 31.4 Å². The van der Waals surface area contributed by atoms with Gasteiger partial charge in [-0.3, -0.25) is 0 Å². The fraction of sp³-hybridized carbons (Fsp3) is 0.571. The topological polar surface area (TPSA) is 27.7 Å². The van der Waals surface area contributed by atoms with Crippen LogP contribution in [-0.2, 0) is 15.9 Å². The van der Waals surface area contributed by atoms with Gasteiger partial charge in [-0.2, -0.15) is 0 Å². The zero-order valence-electron chi connectivity index (χ0n) is 10.5. The van der Waals surface area contributed by atoms with Crippen LogP contribution in [0.3, 0.4) is 0 Å². The zero-order valence-corrected chi connectivity index (χ0v) is 12.1. The number of benzene rings is 1. The maximum absolute atomic E-state index is 13.7. The number of hydrogen-bond donors (Lipinski definition) is 0. The van der Waals surface area contributed by atoms with Crippen molar-refractivity contribution in [2.45, 2.75) is 38.1 Å². The Morgan fingerprint density at radius 3 is 3.05 bits per heavy atom. The maximum atomic E-state index is 13.7. The van der Waals surface area contributed by atoms with Gasteiger partial charge in [0.2, 0.25) is 0 Å². The number of hydrogen-bond acceptors (Lipinski definition) is 3. The van der Waals surface area contributed by atoms with Crippen LogP contribution in [0.4, 0.5) is 4.39 Å². The molecule has 0 spiro atoms. The highest BCUT2D eigenvalue weighted by atomic mass is 79.9. The summed E-state index contributed by atoms with van der Waals surface area (Å²) in [6.07, 6.45) is 3.60. The van der Waals surface area contributed by atoms with E-state index in [-0.39, 0.29) is 18.2 Å². The molecule has 3 nitrogen and oxygen atoms in total. The van der Waals surface area contributed by atoms with E-state index in [1.807, 2.05) is 6.07 Å². The van der Waals surface area contributed by atoms with Gasteiger partial charge in [0.15, 0.2) is 17.9 Å². The smallest absolute Gasteiger partial charge is 0.166 e. The summed E-state index contributed by atoms with van der Waals surface area (Å²) in [5.41, 5.74) is 0.894. The van der Waals surface area contributed by atoms with Crippen LogP contribution in [0.2, 0.25) is 0 Å². The van der Waals surface area contributed by atoms with Crippen LogP contribution in [0.1, 0.15) is 24.8 Å². The summed E-state index contributed by atoms with van der Waals surface area (Å²) in [5, 5.41) is 0. The van der Waals surface area contributed by atoms with Gasteiger partial charge in [0, 0.05) is 23.1 Å². The summed E-state index contributed by atoms with van der Waals surface area (Å²) >= 11 is 3.29. The Balaban J connectivity index is 1.56. The van der Waals surface area contributed by atoms with E-state index in [0.29, 0.717) is 18.8 Å². The van der Waals surface area contributed by atoms with E-state index in [1.165, 1.54) is 6.07 Å². The first kappa shape index (κ1) is 13.3. The number of fused-ring (bicyclic) bond motifs is 1. The Hall–Kier alpha value is -0.650. The van der Waals surface area contributed by atoms with Crippen molar-refractivity contribution < 1.29 is 18.6 Å². The molecule has 1 aromatic carbocycles. The third-order valence-corrected chi connectivity index (χ3v) is 3.88. The van der Waals surface area contributed by atoms with E-state index in [2.05, 4.69) is 15.9 Å². The summed E-state index contributed by atoms with van der Waals surface area (Å²) < 4.78 is 31.2. The van der Waals surface area contributed by atoms with E-state index in [9.17, 15) is 4.39 Å². The highest BCUT2D eigenvalue weighted by molar-refractivity contribution is 9.10. The highest BCUT2D eigenvalue weighted by Crippen LogP contribution is 2.34. The van der Waals surface area contributed by atoms with Crippen LogP contribution in [0.5, 0.6) is 5.75 Å². The second-order valence-corrected chi connectivity index (χ2v) is 5.86. The minimum atomic E-state index is -0.319. The van der Waals surface area contributed by atoms with E-state index in [4.69, 9.17) is 14.2 Å². The molecule has 5 heteroatoms. The maximum Gasteiger partial charge on any atom is 0.166 e. The second kappa shape index (κ2) is 5.77. The average molecular weight is 331 g/mol. The van der Waals surface area contributed by atoms with Crippen molar-refractivity contribution in [1.82, 2.24) is 0 Å². The third kappa shape index (κ3) is 3.09. The molecule has 19 heavy (non-hydrogen) atoms. The molecule has 0 saturated carbocycles. The molecule has 2 aliphatic heterocycles. The van der Waals surface area contributed by atoms with Gasteiger partial charge in [0.1, 0.15) is 6.10 Å². The Labute approximate surface area is 120 Å². The van der Waals surface area contributed by atoms with Crippen LogP contribution in [0, 0.1) is 5.82 Å². The molecule has 1 fully saturated rings. The average Bonchev–Trinajstić information content (AvgIpc) is 2.81. The summed E-state index contributed by atoms with van der Waals surface area (Å²) in [5.74, 6) is 0.0437. The van der Waals surface area contributed by atoms with Crippen molar-refractivity contribution in [2.75, 3.05) is 13.2 Å². The van der Waals surface area contributed by atoms with Crippen LogP contribution >= 0.6 is 15.9 Å². The molecule has 2 heterocycles. The molecular weight excluding hydrogens is 315 g/mol.